The van der Waals surface area contributed by atoms with Crippen molar-refractivity contribution in [2.75, 3.05) is 13.2 Å². The summed E-state index contributed by atoms with van der Waals surface area (Å²) in [6.07, 6.45) is 4.48. The number of rotatable bonds is 7. The summed E-state index contributed by atoms with van der Waals surface area (Å²) in [6, 6.07) is 2.35. The summed E-state index contributed by atoms with van der Waals surface area (Å²) in [6.45, 7) is 6.52. The summed E-state index contributed by atoms with van der Waals surface area (Å²) in [7, 11) is 0. The van der Waals surface area contributed by atoms with Crippen LogP contribution in [0.1, 0.15) is 26.1 Å². The molecule has 0 aliphatic rings. The van der Waals surface area contributed by atoms with Gasteiger partial charge in [-0.15, -0.1) is 0 Å². The van der Waals surface area contributed by atoms with Crippen LogP contribution in [0.3, 0.4) is 0 Å². The van der Waals surface area contributed by atoms with Gasteiger partial charge in [-0.1, -0.05) is 13.8 Å². The highest BCUT2D eigenvalue weighted by atomic mass is 16.5. The zero-order chi connectivity index (χ0) is 10.9. The molecule has 4 nitrogen and oxygen atoms in total. The average molecular weight is 209 g/mol. The molecule has 15 heavy (non-hydrogen) atoms. The monoisotopic (exact) mass is 209 g/mol. The summed E-state index contributed by atoms with van der Waals surface area (Å²) in [5, 5.41) is 3.33. The van der Waals surface area contributed by atoms with E-state index in [4.69, 9.17) is 4.74 Å². The van der Waals surface area contributed by atoms with Gasteiger partial charge in [0.1, 0.15) is 6.61 Å². The van der Waals surface area contributed by atoms with Crippen LogP contribution in [0.2, 0.25) is 0 Å². The number of hydrogen-bond acceptors (Lipinski definition) is 4. The van der Waals surface area contributed by atoms with Gasteiger partial charge in [0.05, 0.1) is 0 Å². The fourth-order valence-electron chi connectivity index (χ4n) is 1.13. The quantitative estimate of drug-likeness (QED) is 0.689. The third-order valence-corrected chi connectivity index (χ3v) is 1.87. The normalized spacial score (nSPS) is 10.9. The van der Waals surface area contributed by atoms with Crippen molar-refractivity contribution in [2.45, 2.75) is 32.9 Å². The number of ether oxygens (including phenoxy) is 1. The maximum absolute atomic E-state index is 5.44. The van der Waals surface area contributed by atoms with Gasteiger partial charge in [-0.25, -0.2) is 9.97 Å². The second-order valence-corrected chi connectivity index (χ2v) is 3.68. The van der Waals surface area contributed by atoms with Gasteiger partial charge in [0, 0.05) is 25.0 Å². The molecule has 1 rings (SSSR count). The molecule has 84 valence electrons. The third kappa shape index (κ3) is 6.14. The molecule has 1 heterocycles. The van der Waals surface area contributed by atoms with Crippen molar-refractivity contribution in [3.8, 4) is 0 Å². The predicted octanol–water partition coefficient (Wildman–Crippen LogP) is 1.38. The van der Waals surface area contributed by atoms with E-state index in [-0.39, 0.29) is 0 Å². The largest absolute Gasteiger partial charge is 0.373 e. The molecule has 0 aromatic carbocycles. The van der Waals surface area contributed by atoms with Crippen molar-refractivity contribution in [2.24, 2.45) is 0 Å². The highest BCUT2D eigenvalue weighted by Crippen LogP contribution is 1.92. The highest BCUT2D eigenvalue weighted by Gasteiger charge is 1.95. The average Bonchev–Trinajstić information content (AvgIpc) is 2.24. The molecular weight excluding hydrogens is 190 g/mol. The smallest absolute Gasteiger partial charge is 0.153 e. The standard InChI is InChI=1S/C11H19N3O/c1-10(2)12-7-4-8-15-9-11-13-5-3-6-14-11/h3,5-6,10,12H,4,7-9H2,1-2H3. The molecule has 0 saturated heterocycles. The van der Waals surface area contributed by atoms with E-state index in [0.29, 0.717) is 12.6 Å². The first-order valence-electron chi connectivity index (χ1n) is 5.36. The summed E-state index contributed by atoms with van der Waals surface area (Å²) in [4.78, 5) is 8.15. The first kappa shape index (κ1) is 12.1. The molecule has 0 radical (unpaired) electrons. The lowest BCUT2D eigenvalue weighted by Crippen LogP contribution is -2.24. The Bertz CT molecular complexity index is 251. The number of hydrogen-bond donors (Lipinski definition) is 1. The van der Waals surface area contributed by atoms with Crippen molar-refractivity contribution in [3.63, 3.8) is 0 Å². The predicted molar refractivity (Wildman–Crippen MR) is 59.4 cm³/mol. The first-order chi connectivity index (χ1) is 7.29. The topological polar surface area (TPSA) is 47.0 Å². The second-order valence-electron chi connectivity index (χ2n) is 3.68. The van der Waals surface area contributed by atoms with Crippen molar-refractivity contribution < 1.29 is 4.74 Å². The molecule has 0 fully saturated rings. The van der Waals surface area contributed by atoms with E-state index in [9.17, 15) is 0 Å². The van der Waals surface area contributed by atoms with Crippen molar-refractivity contribution in [1.29, 1.82) is 0 Å². The lowest BCUT2D eigenvalue weighted by atomic mass is 10.3. The number of nitrogens with zero attached hydrogens (tertiary/aromatic N) is 2. The van der Waals surface area contributed by atoms with Crippen molar-refractivity contribution >= 4 is 0 Å². The molecule has 1 aromatic rings. The molecule has 4 heteroatoms. The van der Waals surface area contributed by atoms with Crippen LogP contribution in [0.15, 0.2) is 18.5 Å². The third-order valence-electron chi connectivity index (χ3n) is 1.87. The van der Waals surface area contributed by atoms with Crippen LogP contribution in [0.5, 0.6) is 0 Å². The Morgan fingerprint density at radius 3 is 2.73 bits per heavy atom. The Kier molecular flexibility index (Phi) is 5.88. The summed E-state index contributed by atoms with van der Waals surface area (Å²) in [5.41, 5.74) is 0. The van der Waals surface area contributed by atoms with Gasteiger partial charge >= 0.3 is 0 Å². The van der Waals surface area contributed by atoms with E-state index in [1.54, 1.807) is 18.5 Å². The molecule has 0 unspecified atom stereocenters. The molecule has 0 atom stereocenters. The number of nitrogens with one attached hydrogen (secondary N) is 1. The van der Waals surface area contributed by atoms with E-state index in [1.807, 2.05) is 0 Å². The van der Waals surface area contributed by atoms with E-state index < -0.39 is 0 Å². The number of aromatic nitrogens is 2. The van der Waals surface area contributed by atoms with Crippen LogP contribution >= 0.6 is 0 Å². The van der Waals surface area contributed by atoms with Gasteiger partial charge in [0.15, 0.2) is 5.82 Å². The van der Waals surface area contributed by atoms with Gasteiger partial charge in [0.2, 0.25) is 0 Å². The molecule has 0 spiro atoms. The lowest BCUT2D eigenvalue weighted by molar-refractivity contribution is 0.112. The first-order valence-corrected chi connectivity index (χ1v) is 5.36. The molecule has 1 N–H and O–H groups in total. The summed E-state index contributed by atoms with van der Waals surface area (Å²) in [5.74, 6) is 0.745. The lowest BCUT2D eigenvalue weighted by Gasteiger charge is -2.07. The van der Waals surface area contributed by atoms with E-state index >= 15 is 0 Å². The highest BCUT2D eigenvalue weighted by molar-refractivity contribution is 4.86. The molecule has 0 aliphatic heterocycles. The van der Waals surface area contributed by atoms with Gasteiger partial charge in [-0.05, 0) is 19.0 Å². The van der Waals surface area contributed by atoms with Gasteiger partial charge < -0.3 is 10.1 Å². The fraction of sp³-hybridized carbons (Fsp3) is 0.636. The van der Waals surface area contributed by atoms with Crippen LogP contribution in [0.25, 0.3) is 0 Å². The minimum absolute atomic E-state index is 0.502. The van der Waals surface area contributed by atoms with Crippen LogP contribution in [-0.4, -0.2) is 29.2 Å². The molecule has 0 saturated carbocycles. The maximum Gasteiger partial charge on any atom is 0.153 e. The Morgan fingerprint density at radius 1 is 1.33 bits per heavy atom. The SMILES string of the molecule is CC(C)NCCCOCc1ncccn1. The Hall–Kier alpha value is -1.00. The summed E-state index contributed by atoms with van der Waals surface area (Å²) < 4.78 is 5.44. The van der Waals surface area contributed by atoms with E-state index in [1.165, 1.54) is 0 Å². The maximum atomic E-state index is 5.44. The van der Waals surface area contributed by atoms with Crippen molar-refractivity contribution in [1.82, 2.24) is 15.3 Å². The zero-order valence-corrected chi connectivity index (χ0v) is 9.44. The Balaban J connectivity index is 1.98. The molecule has 0 bridgehead atoms. The Morgan fingerprint density at radius 2 is 2.07 bits per heavy atom. The summed E-state index contributed by atoms with van der Waals surface area (Å²) >= 11 is 0. The molecule has 0 amide bonds. The van der Waals surface area contributed by atoms with E-state index in [2.05, 4.69) is 29.1 Å². The molecular formula is C11H19N3O. The van der Waals surface area contributed by atoms with Gasteiger partial charge in [-0.2, -0.15) is 0 Å². The van der Waals surface area contributed by atoms with Crippen LogP contribution in [-0.2, 0) is 11.3 Å². The van der Waals surface area contributed by atoms with Gasteiger partial charge in [0.25, 0.3) is 0 Å². The van der Waals surface area contributed by atoms with Crippen molar-refractivity contribution in [3.05, 3.63) is 24.3 Å². The van der Waals surface area contributed by atoms with Crippen LogP contribution < -0.4 is 5.32 Å². The Labute approximate surface area is 91.1 Å². The molecule has 1 aromatic heterocycles. The second kappa shape index (κ2) is 7.31. The van der Waals surface area contributed by atoms with Crippen LogP contribution in [0, 0.1) is 0 Å². The van der Waals surface area contributed by atoms with Gasteiger partial charge in [-0.3, -0.25) is 0 Å². The zero-order valence-electron chi connectivity index (χ0n) is 9.44. The minimum Gasteiger partial charge on any atom is -0.373 e. The van der Waals surface area contributed by atoms with Crippen LogP contribution in [0.4, 0.5) is 0 Å². The van der Waals surface area contributed by atoms with E-state index in [0.717, 1.165) is 25.4 Å². The molecule has 0 aliphatic carbocycles. The fourth-order valence-corrected chi connectivity index (χ4v) is 1.13. The minimum atomic E-state index is 0.502.